The Morgan fingerprint density at radius 3 is 2.82 bits per heavy atom. The van der Waals surface area contributed by atoms with Crippen molar-refractivity contribution in [2.75, 3.05) is 5.73 Å². The number of amides is 1. The first-order valence-corrected chi connectivity index (χ1v) is 5.62. The maximum atomic E-state index is 11.9. The molecule has 0 spiro atoms. The van der Waals surface area contributed by atoms with Crippen molar-refractivity contribution in [3.8, 4) is 6.07 Å². The van der Waals surface area contributed by atoms with Crippen LogP contribution in [0.3, 0.4) is 0 Å². The van der Waals surface area contributed by atoms with Gasteiger partial charge in [-0.25, -0.2) is 0 Å². The van der Waals surface area contributed by atoms with E-state index in [1.165, 1.54) is 0 Å². The number of aryl methyl sites for hydroxylation is 1. The predicted octanol–water partition coefficient (Wildman–Crippen LogP) is 2.00. The van der Waals surface area contributed by atoms with Gasteiger partial charge in [0.05, 0.1) is 12.5 Å². The van der Waals surface area contributed by atoms with Crippen molar-refractivity contribution < 1.29 is 4.79 Å². The fourth-order valence-electron chi connectivity index (χ4n) is 1.49. The standard InChI is InChI=1S/C13H17N3O/c1-3-11(6-7-14)16-13(17)10-4-5-12(15)9(2)8-10/h4-5,8,11H,3,6,15H2,1-2H3,(H,16,17). The Kier molecular flexibility index (Phi) is 4.53. The number of carbonyl (C=O) groups excluding carboxylic acids is 1. The Morgan fingerprint density at radius 2 is 2.29 bits per heavy atom. The third-order valence-electron chi connectivity index (χ3n) is 2.70. The number of anilines is 1. The van der Waals surface area contributed by atoms with Gasteiger partial charge >= 0.3 is 0 Å². The van der Waals surface area contributed by atoms with Gasteiger partial charge in [-0.2, -0.15) is 5.26 Å². The van der Waals surface area contributed by atoms with Gasteiger partial charge in [0.15, 0.2) is 0 Å². The Bertz CT molecular complexity index is 448. The SMILES string of the molecule is CCC(CC#N)NC(=O)c1ccc(N)c(C)c1. The number of nitrogens with one attached hydrogen (secondary N) is 1. The fraction of sp³-hybridized carbons (Fsp3) is 0.385. The quantitative estimate of drug-likeness (QED) is 0.778. The first-order chi connectivity index (χ1) is 8.08. The molecule has 90 valence electrons. The van der Waals surface area contributed by atoms with Crippen LogP contribution in [0.25, 0.3) is 0 Å². The Labute approximate surface area is 101 Å². The van der Waals surface area contributed by atoms with E-state index in [1.54, 1.807) is 18.2 Å². The monoisotopic (exact) mass is 231 g/mol. The van der Waals surface area contributed by atoms with Gasteiger partial charge < -0.3 is 11.1 Å². The van der Waals surface area contributed by atoms with Crippen LogP contribution >= 0.6 is 0 Å². The number of nitriles is 1. The highest BCUT2D eigenvalue weighted by Gasteiger charge is 2.12. The predicted molar refractivity (Wildman–Crippen MR) is 67.4 cm³/mol. The van der Waals surface area contributed by atoms with E-state index in [9.17, 15) is 4.79 Å². The molecule has 1 aromatic carbocycles. The zero-order chi connectivity index (χ0) is 12.8. The average Bonchev–Trinajstić information content (AvgIpc) is 2.31. The van der Waals surface area contributed by atoms with Crippen LogP contribution in [0, 0.1) is 18.3 Å². The summed E-state index contributed by atoms with van der Waals surface area (Å²) in [5.41, 5.74) is 7.82. The van der Waals surface area contributed by atoms with Crippen molar-refractivity contribution in [3.63, 3.8) is 0 Å². The van der Waals surface area contributed by atoms with Crippen LogP contribution in [0.15, 0.2) is 18.2 Å². The Hall–Kier alpha value is -2.02. The van der Waals surface area contributed by atoms with Gasteiger partial charge in [0.25, 0.3) is 5.91 Å². The molecule has 0 aliphatic rings. The van der Waals surface area contributed by atoms with Crippen LogP contribution in [0.4, 0.5) is 5.69 Å². The highest BCUT2D eigenvalue weighted by molar-refractivity contribution is 5.95. The van der Waals surface area contributed by atoms with Crippen molar-refractivity contribution in [2.24, 2.45) is 0 Å². The van der Waals surface area contributed by atoms with Crippen molar-refractivity contribution >= 4 is 11.6 Å². The molecule has 0 aliphatic carbocycles. The van der Waals surface area contributed by atoms with E-state index in [4.69, 9.17) is 11.0 Å². The maximum absolute atomic E-state index is 11.9. The maximum Gasteiger partial charge on any atom is 0.251 e. The zero-order valence-corrected chi connectivity index (χ0v) is 10.2. The molecule has 0 bridgehead atoms. The van der Waals surface area contributed by atoms with Crippen LogP contribution in [0.2, 0.25) is 0 Å². The second kappa shape index (κ2) is 5.90. The molecule has 0 radical (unpaired) electrons. The highest BCUT2D eigenvalue weighted by Crippen LogP contribution is 2.13. The minimum Gasteiger partial charge on any atom is -0.399 e. The molecule has 4 nitrogen and oxygen atoms in total. The summed E-state index contributed by atoms with van der Waals surface area (Å²) in [5, 5.41) is 11.4. The summed E-state index contributed by atoms with van der Waals surface area (Å²) in [6, 6.07) is 7.13. The summed E-state index contributed by atoms with van der Waals surface area (Å²) in [5.74, 6) is -0.157. The number of nitrogen functional groups attached to an aromatic ring is 1. The first-order valence-electron chi connectivity index (χ1n) is 5.62. The van der Waals surface area contributed by atoms with Gasteiger partial charge in [0, 0.05) is 17.3 Å². The Balaban J connectivity index is 2.76. The van der Waals surface area contributed by atoms with E-state index in [0.29, 0.717) is 17.7 Å². The summed E-state index contributed by atoms with van der Waals surface area (Å²) >= 11 is 0. The molecule has 1 rings (SSSR count). The molecule has 1 atom stereocenters. The van der Waals surface area contributed by atoms with Gasteiger partial charge in [-0.05, 0) is 37.1 Å². The Morgan fingerprint density at radius 1 is 1.59 bits per heavy atom. The normalized spacial score (nSPS) is 11.6. The lowest BCUT2D eigenvalue weighted by atomic mass is 10.1. The van der Waals surface area contributed by atoms with Gasteiger partial charge in [-0.3, -0.25) is 4.79 Å². The van der Waals surface area contributed by atoms with Crippen LogP contribution in [-0.2, 0) is 0 Å². The lowest BCUT2D eigenvalue weighted by molar-refractivity contribution is 0.0936. The van der Waals surface area contributed by atoms with Crippen molar-refractivity contribution in [3.05, 3.63) is 29.3 Å². The number of rotatable bonds is 4. The molecule has 3 N–H and O–H groups in total. The van der Waals surface area contributed by atoms with E-state index in [2.05, 4.69) is 11.4 Å². The third kappa shape index (κ3) is 3.49. The number of benzene rings is 1. The molecule has 0 aromatic heterocycles. The number of nitrogens with zero attached hydrogens (tertiary/aromatic N) is 1. The molecule has 4 heteroatoms. The van der Waals surface area contributed by atoms with Gasteiger partial charge in [-0.15, -0.1) is 0 Å². The molecule has 1 aromatic rings. The summed E-state index contributed by atoms with van der Waals surface area (Å²) in [6.45, 7) is 3.80. The third-order valence-corrected chi connectivity index (χ3v) is 2.70. The number of carbonyl (C=O) groups is 1. The summed E-state index contributed by atoms with van der Waals surface area (Å²) in [7, 11) is 0. The van der Waals surface area contributed by atoms with E-state index < -0.39 is 0 Å². The van der Waals surface area contributed by atoms with Crippen LogP contribution in [-0.4, -0.2) is 11.9 Å². The number of nitrogens with two attached hydrogens (primary N) is 1. The summed E-state index contributed by atoms with van der Waals surface area (Å²) < 4.78 is 0. The molecule has 0 saturated heterocycles. The van der Waals surface area contributed by atoms with Gasteiger partial charge in [0.1, 0.15) is 0 Å². The highest BCUT2D eigenvalue weighted by atomic mass is 16.1. The lowest BCUT2D eigenvalue weighted by Gasteiger charge is -2.14. The number of hydrogen-bond acceptors (Lipinski definition) is 3. The van der Waals surface area contributed by atoms with Crippen LogP contribution < -0.4 is 11.1 Å². The molecule has 0 saturated carbocycles. The molecular formula is C13H17N3O. The molecule has 1 unspecified atom stereocenters. The van der Waals surface area contributed by atoms with E-state index in [0.717, 1.165) is 12.0 Å². The number of hydrogen-bond donors (Lipinski definition) is 2. The average molecular weight is 231 g/mol. The molecule has 0 aliphatic heterocycles. The fourth-order valence-corrected chi connectivity index (χ4v) is 1.49. The smallest absolute Gasteiger partial charge is 0.251 e. The minimum absolute atomic E-state index is 0.0923. The van der Waals surface area contributed by atoms with Crippen molar-refractivity contribution in [1.29, 1.82) is 5.26 Å². The second-order valence-corrected chi connectivity index (χ2v) is 4.01. The van der Waals surface area contributed by atoms with E-state index in [1.807, 2.05) is 13.8 Å². The zero-order valence-electron chi connectivity index (χ0n) is 10.2. The second-order valence-electron chi connectivity index (χ2n) is 4.01. The van der Waals surface area contributed by atoms with E-state index in [-0.39, 0.29) is 11.9 Å². The molecule has 0 heterocycles. The molecule has 0 fully saturated rings. The van der Waals surface area contributed by atoms with Crippen molar-refractivity contribution in [1.82, 2.24) is 5.32 Å². The van der Waals surface area contributed by atoms with E-state index >= 15 is 0 Å². The van der Waals surface area contributed by atoms with Crippen molar-refractivity contribution in [2.45, 2.75) is 32.7 Å². The molecular weight excluding hydrogens is 214 g/mol. The minimum atomic E-state index is -0.157. The largest absolute Gasteiger partial charge is 0.399 e. The summed E-state index contributed by atoms with van der Waals surface area (Å²) in [4.78, 5) is 11.9. The van der Waals surface area contributed by atoms with Crippen LogP contribution in [0.5, 0.6) is 0 Å². The summed E-state index contributed by atoms with van der Waals surface area (Å²) in [6.07, 6.45) is 1.07. The van der Waals surface area contributed by atoms with Crippen LogP contribution in [0.1, 0.15) is 35.7 Å². The molecule has 1 amide bonds. The molecule has 17 heavy (non-hydrogen) atoms. The van der Waals surface area contributed by atoms with Gasteiger partial charge in [-0.1, -0.05) is 6.92 Å². The first kappa shape index (κ1) is 13.0. The lowest BCUT2D eigenvalue weighted by Crippen LogP contribution is -2.34. The van der Waals surface area contributed by atoms with Gasteiger partial charge in [0.2, 0.25) is 0 Å². The topological polar surface area (TPSA) is 78.9 Å².